The van der Waals surface area contributed by atoms with Gasteiger partial charge in [-0.2, -0.15) is 14.3 Å². The second-order valence-electron chi connectivity index (χ2n) is 6.84. The second kappa shape index (κ2) is 8.27. The third-order valence-electron chi connectivity index (χ3n) is 4.33. The Morgan fingerprint density at radius 1 is 1.37 bits per heavy atom. The first-order chi connectivity index (χ1) is 12.9. The third kappa shape index (κ3) is 4.42. The fraction of sp³-hybridized carbons (Fsp3) is 0.368. The molecule has 0 aliphatic carbocycles. The Labute approximate surface area is 167 Å². The van der Waals surface area contributed by atoms with Crippen LogP contribution >= 0.6 is 23.4 Å². The average molecular weight is 407 g/mol. The minimum absolute atomic E-state index is 0.159. The molecule has 1 N–H and O–H groups in total. The zero-order valence-electron chi connectivity index (χ0n) is 15.1. The number of nitrogens with one attached hydrogen (secondary N) is 1. The number of amides is 4. The van der Waals surface area contributed by atoms with Crippen LogP contribution in [0.25, 0.3) is 0 Å². The molecule has 142 valence electrons. The lowest BCUT2D eigenvalue weighted by atomic mass is 10.1. The Bertz CT molecular complexity index is 850. The van der Waals surface area contributed by atoms with E-state index in [1.807, 2.05) is 13.8 Å². The van der Waals surface area contributed by atoms with E-state index in [4.69, 9.17) is 11.6 Å². The number of thioether (sulfide) groups is 1. The monoisotopic (exact) mass is 406 g/mol. The van der Waals surface area contributed by atoms with Crippen LogP contribution in [-0.4, -0.2) is 51.4 Å². The van der Waals surface area contributed by atoms with Crippen LogP contribution in [0.4, 0.5) is 10.5 Å². The number of fused-ring (bicyclic) bond motifs is 1. The number of hydrogen-bond donors (Lipinski definition) is 1. The number of allylic oxidation sites excluding steroid dienone is 1. The van der Waals surface area contributed by atoms with Crippen LogP contribution in [0.5, 0.6) is 0 Å². The summed E-state index contributed by atoms with van der Waals surface area (Å²) in [6.45, 7) is 4.27. The number of anilines is 1. The van der Waals surface area contributed by atoms with Crippen LogP contribution in [0.2, 0.25) is 5.02 Å². The molecule has 1 atom stereocenters. The first kappa shape index (κ1) is 19.6. The average Bonchev–Trinajstić information content (AvgIpc) is 3.08. The molecule has 0 saturated carbocycles. The van der Waals surface area contributed by atoms with Crippen molar-refractivity contribution in [1.29, 1.82) is 0 Å². The van der Waals surface area contributed by atoms with E-state index in [9.17, 15) is 14.4 Å². The Kier molecular flexibility index (Phi) is 6.01. The van der Waals surface area contributed by atoms with Crippen molar-refractivity contribution in [3.8, 4) is 0 Å². The number of urea groups is 1. The molecule has 0 bridgehead atoms. The van der Waals surface area contributed by atoms with Crippen molar-refractivity contribution in [3.05, 3.63) is 40.8 Å². The molecule has 0 aromatic heterocycles. The summed E-state index contributed by atoms with van der Waals surface area (Å²) < 4.78 is 1.39. The van der Waals surface area contributed by atoms with Crippen LogP contribution in [0.15, 0.2) is 35.7 Å². The molecule has 27 heavy (non-hydrogen) atoms. The van der Waals surface area contributed by atoms with Crippen LogP contribution in [-0.2, 0) is 9.59 Å². The van der Waals surface area contributed by atoms with Crippen molar-refractivity contribution >= 4 is 52.6 Å². The summed E-state index contributed by atoms with van der Waals surface area (Å²) in [5.41, 5.74) is 1.12. The minimum Gasteiger partial charge on any atom is -0.323 e. The summed E-state index contributed by atoms with van der Waals surface area (Å²) >= 11 is 7.30. The van der Waals surface area contributed by atoms with Gasteiger partial charge in [0, 0.05) is 10.7 Å². The highest BCUT2D eigenvalue weighted by atomic mass is 35.5. The molecule has 0 saturated heterocycles. The number of nitrogens with zero attached hydrogens (tertiary/aromatic N) is 2. The molecule has 4 amide bonds. The molecule has 3 rings (SSSR count). The van der Waals surface area contributed by atoms with E-state index in [0.717, 1.165) is 6.42 Å². The van der Waals surface area contributed by atoms with Gasteiger partial charge >= 0.3 is 11.9 Å². The Morgan fingerprint density at radius 2 is 2.15 bits per heavy atom. The van der Waals surface area contributed by atoms with Gasteiger partial charge in [0.1, 0.15) is 5.71 Å². The van der Waals surface area contributed by atoms with Crippen LogP contribution < -0.4 is 5.32 Å². The molecule has 0 spiro atoms. The SMILES string of the molecule is CC(C)CCN1C(=O)C2SC=CC2=[N+](CC(=O)Nc2cccc(Cl)c2)C1=O. The predicted molar refractivity (Wildman–Crippen MR) is 107 cm³/mol. The van der Waals surface area contributed by atoms with E-state index < -0.39 is 11.3 Å². The van der Waals surface area contributed by atoms with Crippen molar-refractivity contribution in [2.45, 2.75) is 25.5 Å². The van der Waals surface area contributed by atoms with E-state index in [-0.39, 0.29) is 18.4 Å². The van der Waals surface area contributed by atoms with Crippen LogP contribution in [0, 0.1) is 5.92 Å². The fourth-order valence-electron chi connectivity index (χ4n) is 2.92. The van der Waals surface area contributed by atoms with Crippen molar-refractivity contribution in [1.82, 2.24) is 4.90 Å². The normalized spacial score (nSPS) is 19.1. The second-order valence-corrected chi connectivity index (χ2v) is 8.30. The van der Waals surface area contributed by atoms with Gasteiger partial charge in [-0.15, -0.1) is 11.8 Å². The number of imide groups is 1. The summed E-state index contributed by atoms with van der Waals surface area (Å²) in [5.74, 6) is -0.192. The van der Waals surface area contributed by atoms with E-state index in [0.29, 0.717) is 28.9 Å². The molecule has 0 radical (unpaired) electrons. The summed E-state index contributed by atoms with van der Waals surface area (Å²) in [6.07, 6.45) is 2.46. The minimum atomic E-state index is -0.464. The maximum absolute atomic E-state index is 12.9. The lowest BCUT2D eigenvalue weighted by Gasteiger charge is -2.24. The largest absolute Gasteiger partial charge is 0.501 e. The zero-order valence-corrected chi connectivity index (χ0v) is 16.7. The van der Waals surface area contributed by atoms with Gasteiger partial charge in [-0.3, -0.25) is 4.79 Å². The predicted octanol–water partition coefficient (Wildman–Crippen LogP) is 3.37. The van der Waals surface area contributed by atoms with Crippen LogP contribution in [0.1, 0.15) is 20.3 Å². The number of carbonyl (C=O) groups excluding carboxylic acids is 3. The number of carbonyl (C=O) groups is 3. The van der Waals surface area contributed by atoms with Gasteiger partial charge in [0.25, 0.3) is 5.91 Å². The maximum Gasteiger partial charge on any atom is 0.501 e. The molecular formula is C19H21ClN3O3S+. The quantitative estimate of drug-likeness (QED) is 0.735. The summed E-state index contributed by atoms with van der Waals surface area (Å²) in [4.78, 5) is 39.3. The summed E-state index contributed by atoms with van der Waals surface area (Å²) in [6, 6.07) is 6.36. The number of benzene rings is 1. The Morgan fingerprint density at radius 3 is 2.85 bits per heavy atom. The molecule has 2 heterocycles. The van der Waals surface area contributed by atoms with Crippen LogP contribution in [0.3, 0.4) is 0 Å². The molecule has 2 aliphatic rings. The van der Waals surface area contributed by atoms with Crippen molar-refractivity contribution in [2.75, 3.05) is 18.4 Å². The molecule has 2 aliphatic heterocycles. The van der Waals surface area contributed by atoms with Gasteiger partial charge in [0.05, 0.1) is 6.54 Å². The van der Waals surface area contributed by atoms with Gasteiger partial charge < -0.3 is 5.32 Å². The summed E-state index contributed by atoms with van der Waals surface area (Å²) in [5, 5.41) is 4.58. The lowest BCUT2D eigenvalue weighted by molar-refractivity contribution is -0.425. The Hall–Kier alpha value is -2.12. The standard InChI is InChI=1S/C19H20ClN3O3S/c1-12(2)6-8-22-18(25)17-15(7-9-27-17)23(19(22)26)11-16(24)21-14-5-3-4-13(20)10-14/h3-5,7,9-10,12,17H,6,8,11H2,1-2H3/p+1. The topological polar surface area (TPSA) is 69.5 Å². The highest BCUT2D eigenvalue weighted by molar-refractivity contribution is 8.04. The molecule has 1 unspecified atom stereocenters. The van der Waals surface area contributed by atoms with Gasteiger partial charge in [-0.25, -0.2) is 4.79 Å². The Balaban J connectivity index is 1.80. The van der Waals surface area contributed by atoms with Crippen molar-refractivity contribution in [3.63, 3.8) is 0 Å². The van der Waals surface area contributed by atoms with E-state index in [1.54, 1.807) is 35.7 Å². The smallest absolute Gasteiger partial charge is 0.323 e. The van der Waals surface area contributed by atoms with E-state index in [2.05, 4.69) is 5.32 Å². The first-order valence-corrected chi connectivity index (χ1v) is 10.1. The fourth-order valence-corrected chi connectivity index (χ4v) is 4.07. The number of hydrogen-bond acceptors (Lipinski definition) is 4. The molecule has 8 heteroatoms. The number of rotatable bonds is 6. The van der Waals surface area contributed by atoms with E-state index in [1.165, 1.54) is 21.2 Å². The highest BCUT2D eigenvalue weighted by Gasteiger charge is 2.49. The molecule has 1 aromatic carbocycles. The maximum atomic E-state index is 12.9. The zero-order chi connectivity index (χ0) is 19.6. The van der Waals surface area contributed by atoms with Gasteiger partial charge in [0.15, 0.2) is 11.8 Å². The highest BCUT2D eigenvalue weighted by Crippen LogP contribution is 2.28. The van der Waals surface area contributed by atoms with Gasteiger partial charge in [0.2, 0.25) is 0 Å². The van der Waals surface area contributed by atoms with Gasteiger partial charge in [-0.1, -0.05) is 31.5 Å². The molecule has 0 fully saturated rings. The van der Waals surface area contributed by atoms with E-state index >= 15 is 0 Å². The molecular weight excluding hydrogens is 386 g/mol. The lowest BCUT2D eigenvalue weighted by Crippen LogP contribution is -2.56. The van der Waals surface area contributed by atoms with Crippen molar-refractivity contribution < 1.29 is 19.0 Å². The third-order valence-corrected chi connectivity index (χ3v) is 5.57. The molecule has 6 nitrogen and oxygen atoms in total. The van der Waals surface area contributed by atoms with Crippen molar-refractivity contribution in [2.24, 2.45) is 5.92 Å². The van der Waals surface area contributed by atoms with Gasteiger partial charge in [-0.05, 0) is 42.0 Å². The summed E-state index contributed by atoms with van der Waals surface area (Å²) in [7, 11) is 0. The molecule has 1 aromatic rings. The first-order valence-electron chi connectivity index (χ1n) is 8.74. The number of halogens is 1.